The van der Waals surface area contributed by atoms with Crippen LogP contribution in [0.3, 0.4) is 0 Å². The van der Waals surface area contributed by atoms with Crippen molar-refractivity contribution in [2.45, 2.75) is 19.3 Å². The molecular formula is C35H24N2OS. The summed E-state index contributed by atoms with van der Waals surface area (Å²) in [5.41, 5.74) is 9.46. The van der Waals surface area contributed by atoms with Gasteiger partial charge in [-0.05, 0) is 69.8 Å². The zero-order valence-electron chi connectivity index (χ0n) is 21.6. The fraction of sp³-hybridized carbons (Fsp3) is 0.0857. The number of thiophene rings is 1. The normalized spacial score (nSPS) is 13.6. The molecule has 0 unspecified atom stereocenters. The number of hydrogen-bond acceptors (Lipinski definition) is 4. The number of benzene rings is 5. The van der Waals surface area contributed by atoms with Crippen molar-refractivity contribution in [3.8, 4) is 45.2 Å². The monoisotopic (exact) mass is 520 g/mol. The number of fused-ring (bicyclic) bond motifs is 6. The quantitative estimate of drug-likeness (QED) is 0.233. The zero-order chi connectivity index (χ0) is 26.1. The van der Waals surface area contributed by atoms with Crippen molar-refractivity contribution in [1.82, 2.24) is 10.2 Å². The molecule has 1 aliphatic carbocycles. The van der Waals surface area contributed by atoms with E-state index in [-0.39, 0.29) is 5.41 Å². The topological polar surface area (TPSA) is 38.9 Å². The first-order chi connectivity index (χ1) is 19.1. The van der Waals surface area contributed by atoms with Crippen LogP contribution in [0.5, 0.6) is 0 Å². The van der Waals surface area contributed by atoms with E-state index >= 15 is 0 Å². The van der Waals surface area contributed by atoms with Crippen LogP contribution >= 0.6 is 11.3 Å². The van der Waals surface area contributed by atoms with E-state index in [9.17, 15) is 0 Å². The zero-order valence-corrected chi connectivity index (χ0v) is 22.4. The third-order valence-electron chi connectivity index (χ3n) is 8.08. The summed E-state index contributed by atoms with van der Waals surface area (Å²) in [6.07, 6.45) is 0. The molecule has 0 radical (unpaired) electrons. The highest BCUT2D eigenvalue weighted by Crippen LogP contribution is 2.51. The van der Waals surface area contributed by atoms with Crippen molar-refractivity contribution < 1.29 is 4.42 Å². The van der Waals surface area contributed by atoms with E-state index in [0.29, 0.717) is 11.8 Å². The smallest absolute Gasteiger partial charge is 0.248 e. The fourth-order valence-corrected chi connectivity index (χ4v) is 7.29. The Morgan fingerprint density at radius 3 is 2.00 bits per heavy atom. The van der Waals surface area contributed by atoms with Gasteiger partial charge in [-0.1, -0.05) is 86.6 Å². The molecule has 5 aromatic carbocycles. The summed E-state index contributed by atoms with van der Waals surface area (Å²) in [5, 5.41) is 11.3. The van der Waals surface area contributed by atoms with Gasteiger partial charge in [0, 0.05) is 36.7 Å². The lowest BCUT2D eigenvalue weighted by Gasteiger charge is -2.22. The molecule has 3 nitrogen and oxygen atoms in total. The molecule has 0 fully saturated rings. The van der Waals surface area contributed by atoms with Crippen LogP contribution in [0, 0.1) is 0 Å². The van der Waals surface area contributed by atoms with Crippen molar-refractivity contribution in [3.05, 3.63) is 120 Å². The van der Waals surface area contributed by atoms with Crippen molar-refractivity contribution in [3.63, 3.8) is 0 Å². The molecule has 0 amide bonds. The van der Waals surface area contributed by atoms with Crippen molar-refractivity contribution in [2.24, 2.45) is 0 Å². The Morgan fingerprint density at radius 2 is 1.21 bits per heavy atom. The highest BCUT2D eigenvalue weighted by Gasteiger charge is 2.36. The van der Waals surface area contributed by atoms with Crippen LogP contribution in [0.15, 0.2) is 114 Å². The molecule has 0 aliphatic heterocycles. The maximum atomic E-state index is 6.08. The van der Waals surface area contributed by atoms with Crippen LogP contribution in [-0.4, -0.2) is 10.2 Å². The van der Waals surface area contributed by atoms with Crippen LogP contribution in [0.2, 0.25) is 0 Å². The lowest BCUT2D eigenvalue weighted by atomic mass is 9.81. The molecule has 39 heavy (non-hydrogen) atoms. The van der Waals surface area contributed by atoms with Gasteiger partial charge in [0.15, 0.2) is 0 Å². The second kappa shape index (κ2) is 8.23. The number of nitrogens with zero attached hydrogens (tertiary/aromatic N) is 2. The van der Waals surface area contributed by atoms with E-state index in [1.807, 2.05) is 41.7 Å². The van der Waals surface area contributed by atoms with Gasteiger partial charge < -0.3 is 4.42 Å². The van der Waals surface area contributed by atoms with Crippen LogP contribution in [0.1, 0.15) is 25.0 Å². The molecule has 0 saturated heterocycles. The van der Waals surface area contributed by atoms with Crippen LogP contribution < -0.4 is 0 Å². The van der Waals surface area contributed by atoms with Crippen molar-refractivity contribution in [1.29, 1.82) is 0 Å². The Balaban J connectivity index is 1.21. The van der Waals surface area contributed by atoms with E-state index < -0.39 is 0 Å². The van der Waals surface area contributed by atoms with E-state index in [1.165, 1.54) is 53.6 Å². The van der Waals surface area contributed by atoms with Gasteiger partial charge in [0.05, 0.1) is 0 Å². The number of rotatable bonds is 3. The standard InChI is InChI=1S/C35H24N2OS/c1-35(2)29-19-22(24-12-8-13-28-27-11-6-7-14-31(27)39-32(24)28)15-17-25(29)26-18-16-23(20-30(26)35)34-37-36-33(38-34)21-9-4-3-5-10-21/h3-20H,1-2H3. The highest BCUT2D eigenvalue weighted by molar-refractivity contribution is 7.26. The summed E-state index contributed by atoms with van der Waals surface area (Å²) in [5.74, 6) is 1.08. The van der Waals surface area contributed by atoms with Crippen LogP contribution in [0.4, 0.5) is 0 Å². The van der Waals surface area contributed by atoms with Gasteiger partial charge in [0.2, 0.25) is 11.8 Å². The van der Waals surface area contributed by atoms with Gasteiger partial charge in [0.25, 0.3) is 0 Å². The Hall–Kier alpha value is -4.54. The predicted octanol–water partition coefficient (Wildman–Crippen LogP) is 9.74. The first-order valence-corrected chi connectivity index (χ1v) is 14.0. The average molecular weight is 521 g/mol. The van der Waals surface area contributed by atoms with Gasteiger partial charge in [-0.25, -0.2) is 0 Å². The first kappa shape index (κ1) is 22.4. The molecule has 8 rings (SSSR count). The predicted molar refractivity (Wildman–Crippen MR) is 161 cm³/mol. The molecule has 1 aliphatic rings. The van der Waals surface area contributed by atoms with Gasteiger partial charge >= 0.3 is 0 Å². The minimum atomic E-state index is -0.160. The Kier molecular flexibility index (Phi) is 4.73. The SMILES string of the molecule is CC1(C)c2cc(-c3nnc(-c4ccccc4)o3)ccc2-c2ccc(-c3cccc4c3sc3ccccc34)cc21. The molecule has 7 aromatic rings. The Labute approximate surface area is 230 Å². The van der Waals surface area contributed by atoms with E-state index in [0.717, 1.165) is 11.1 Å². The van der Waals surface area contributed by atoms with E-state index in [2.05, 4.69) is 103 Å². The summed E-state index contributed by atoms with van der Waals surface area (Å²) in [4.78, 5) is 0. The maximum absolute atomic E-state index is 6.08. The van der Waals surface area contributed by atoms with Crippen molar-refractivity contribution >= 4 is 31.5 Å². The average Bonchev–Trinajstić information content (AvgIpc) is 3.67. The highest BCUT2D eigenvalue weighted by atomic mass is 32.1. The van der Waals surface area contributed by atoms with Gasteiger partial charge in [-0.15, -0.1) is 21.5 Å². The van der Waals surface area contributed by atoms with Crippen LogP contribution in [0.25, 0.3) is 65.3 Å². The molecule has 0 N–H and O–H groups in total. The van der Waals surface area contributed by atoms with Crippen LogP contribution in [-0.2, 0) is 5.41 Å². The summed E-state index contributed by atoms with van der Waals surface area (Å²) in [7, 11) is 0. The molecule has 4 heteroatoms. The minimum Gasteiger partial charge on any atom is -0.416 e. The number of aromatic nitrogens is 2. The number of hydrogen-bond donors (Lipinski definition) is 0. The summed E-state index contributed by atoms with van der Waals surface area (Å²) < 4.78 is 8.76. The Bertz CT molecular complexity index is 2050. The Morgan fingerprint density at radius 1 is 0.564 bits per heavy atom. The maximum Gasteiger partial charge on any atom is 0.248 e. The minimum absolute atomic E-state index is 0.160. The molecule has 0 bridgehead atoms. The van der Waals surface area contributed by atoms with Gasteiger partial charge in [-0.2, -0.15) is 0 Å². The van der Waals surface area contributed by atoms with Crippen molar-refractivity contribution in [2.75, 3.05) is 0 Å². The van der Waals surface area contributed by atoms with Gasteiger partial charge in [0.1, 0.15) is 0 Å². The molecule has 0 saturated carbocycles. The molecular weight excluding hydrogens is 496 g/mol. The second-order valence-electron chi connectivity index (χ2n) is 10.7. The van der Waals surface area contributed by atoms with E-state index in [1.54, 1.807) is 0 Å². The van der Waals surface area contributed by atoms with E-state index in [4.69, 9.17) is 4.42 Å². The summed E-state index contributed by atoms with van der Waals surface area (Å²) in [6.45, 7) is 4.63. The molecule has 2 heterocycles. The molecule has 2 aromatic heterocycles. The largest absolute Gasteiger partial charge is 0.416 e. The summed E-state index contributed by atoms with van der Waals surface area (Å²) >= 11 is 1.88. The third kappa shape index (κ3) is 3.35. The lowest BCUT2D eigenvalue weighted by molar-refractivity contribution is 0.584. The first-order valence-electron chi connectivity index (χ1n) is 13.2. The van der Waals surface area contributed by atoms with Gasteiger partial charge in [-0.3, -0.25) is 0 Å². The molecule has 0 atom stereocenters. The third-order valence-corrected chi connectivity index (χ3v) is 9.30. The second-order valence-corrected chi connectivity index (χ2v) is 11.8. The fourth-order valence-electron chi connectivity index (χ4n) is 6.05. The lowest BCUT2D eigenvalue weighted by Crippen LogP contribution is -2.15. The molecule has 186 valence electrons. The summed E-state index contributed by atoms with van der Waals surface area (Å²) in [6, 6.07) is 38.8. The molecule has 0 spiro atoms.